The molecule has 0 aliphatic carbocycles. The highest BCUT2D eigenvalue weighted by molar-refractivity contribution is 7.87. The summed E-state index contributed by atoms with van der Waals surface area (Å²) in [7, 11) is -2.51. The lowest BCUT2D eigenvalue weighted by Gasteiger charge is -2.37. The van der Waals surface area contributed by atoms with Crippen LogP contribution in [-0.4, -0.2) is 36.8 Å². The van der Waals surface area contributed by atoms with Crippen molar-refractivity contribution in [3.63, 3.8) is 0 Å². The van der Waals surface area contributed by atoms with Crippen molar-refractivity contribution < 1.29 is 22.3 Å². The predicted molar refractivity (Wildman–Crippen MR) is 124 cm³/mol. The van der Waals surface area contributed by atoms with Crippen LogP contribution in [-0.2, 0) is 21.5 Å². The van der Waals surface area contributed by atoms with Gasteiger partial charge in [-0.2, -0.15) is 17.4 Å². The number of nitrogens with one attached hydrogen (secondary N) is 2. The minimum Gasteiger partial charge on any atom is -0.497 e. The molecule has 3 aromatic rings. The van der Waals surface area contributed by atoms with Crippen LogP contribution in [0.5, 0.6) is 5.75 Å². The molecule has 2 aromatic carbocycles. The summed E-state index contributed by atoms with van der Waals surface area (Å²) in [6.07, 6.45) is 1.73. The summed E-state index contributed by atoms with van der Waals surface area (Å²) in [5, 5.41) is 4.80. The number of carbonyl (C=O) groups excluding carboxylic acids is 1. The third-order valence-corrected chi connectivity index (χ3v) is 7.91. The highest BCUT2D eigenvalue weighted by Gasteiger charge is 2.43. The van der Waals surface area contributed by atoms with Crippen LogP contribution in [0.15, 0.2) is 54.0 Å². The van der Waals surface area contributed by atoms with E-state index in [1.807, 2.05) is 0 Å². The number of aromatic nitrogens is 1. The van der Waals surface area contributed by atoms with E-state index in [9.17, 15) is 17.6 Å². The van der Waals surface area contributed by atoms with Gasteiger partial charge in [0.2, 0.25) is 5.91 Å². The second-order valence-electron chi connectivity index (χ2n) is 7.31. The molecule has 2 atom stereocenters. The summed E-state index contributed by atoms with van der Waals surface area (Å²) in [5.41, 5.74) is 0.939. The number of carbonyl (C=O) groups is 1. The standard InChI is InChI=1S/C21H20ClFN4O4S2/c1-31-15-5-2-13(3-6-15)12-27-19(20(28)25-14-4-7-17(23)16(22)10-14)11-18(26-33(27,29)30)21-24-8-9-32-21/h2-10,18-19,26H,11-12H2,1H3,(H,25,28)/t18-,19+/m1/s1. The van der Waals surface area contributed by atoms with Crippen LogP contribution < -0.4 is 14.8 Å². The van der Waals surface area contributed by atoms with E-state index >= 15 is 0 Å². The van der Waals surface area contributed by atoms with Gasteiger partial charge in [0.05, 0.1) is 18.2 Å². The summed E-state index contributed by atoms with van der Waals surface area (Å²) in [6, 6.07) is 8.96. The minimum atomic E-state index is -4.04. The SMILES string of the molecule is COc1ccc(CN2[C@H](C(=O)Nc3ccc(F)c(Cl)c3)C[C@H](c3nccs3)NS2(=O)=O)cc1. The van der Waals surface area contributed by atoms with Gasteiger partial charge in [-0.3, -0.25) is 4.79 Å². The van der Waals surface area contributed by atoms with Crippen LogP contribution in [0.3, 0.4) is 0 Å². The Hall–Kier alpha value is -2.57. The van der Waals surface area contributed by atoms with E-state index in [0.717, 1.165) is 10.4 Å². The fraction of sp³-hybridized carbons (Fsp3) is 0.238. The second kappa shape index (κ2) is 9.74. The molecule has 2 N–H and O–H groups in total. The lowest BCUT2D eigenvalue weighted by atomic mass is 10.1. The number of amides is 1. The van der Waals surface area contributed by atoms with E-state index in [4.69, 9.17) is 16.3 Å². The summed E-state index contributed by atoms with van der Waals surface area (Å²) >= 11 is 7.12. The Morgan fingerprint density at radius 3 is 2.73 bits per heavy atom. The highest BCUT2D eigenvalue weighted by atomic mass is 35.5. The molecular weight excluding hydrogens is 491 g/mol. The zero-order valence-electron chi connectivity index (χ0n) is 17.4. The average molecular weight is 511 g/mol. The Morgan fingerprint density at radius 2 is 2.09 bits per heavy atom. The number of methoxy groups -OCH3 is 1. The molecule has 2 heterocycles. The van der Waals surface area contributed by atoms with Crippen molar-refractivity contribution in [2.45, 2.75) is 25.0 Å². The van der Waals surface area contributed by atoms with E-state index in [-0.39, 0.29) is 23.7 Å². The molecule has 8 nitrogen and oxygen atoms in total. The first kappa shape index (κ1) is 23.6. The number of halogens is 2. The molecule has 12 heteroatoms. The molecule has 0 radical (unpaired) electrons. The molecule has 0 saturated carbocycles. The lowest BCUT2D eigenvalue weighted by molar-refractivity contribution is -0.120. The summed E-state index contributed by atoms with van der Waals surface area (Å²) in [5.74, 6) is -0.549. The molecule has 33 heavy (non-hydrogen) atoms. The van der Waals surface area contributed by atoms with E-state index in [2.05, 4.69) is 15.0 Å². The first-order valence-electron chi connectivity index (χ1n) is 9.84. The van der Waals surface area contributed by atoms with Crippen molar-refractivity contribution in [2.24, 2.45) is 0 Å². The van der Waals surface area contributed by atoms with Gasteiger partial charge in [0.1, 0.15) is 22.6 Å². The highest BCUT2D eigenvalue weighted by Crippen LogP contribution is 2.32. The fourth-order valence-corrected chi connectivity index (χ4v) is 6.00. The second-order valence-corrected chi connectivity index (χ2v) is 10.3. The average Bonchev–Trinajstić information content (AvgIpc) is 3.33. The number of anilines is 1. The third kappa shape index (κ3) is 5.33. The molecule has 174 valence electrons. The molecule has 0 spiro atoms. The maximum atomic E-state index is 13.5. The number of thiazole rings is 1. The molecule has 0 bridgehead atoms. The Kier molecular flexibility index (Phi) is 6.96. The van der Waals surface area contributed by atoms with Gasteiger partial charge in [0.15, 0.2) is 0 Å². The molecule has 1 aliphatic rings. The van der Waals surface area contributed by atoms with E-state index in [1.54, 1.807) is 35.8 Å². The number of ether oxygens (including phenoxy) is 1. The van der Waals surface area contributed by atoms with Crippen molar-refractivity contribution in [3.8, 4) is 5.75 Å². The number of hydrogen-bond donors (Lipinski definition) is 2. The number of nitrogens with zero attached hydrogens (tertiary/aromatic N) is 2. The van der Waals surface area contributed by atoms with Crippen molar-refractivity contribution in [1.29, 1.82) is 0 Å². The van der Waals surface area contributed by atoms with Gasteiger partial charge in [-0.1, -0.05) is 23.7 Å². The Balaban J connectivity index is 1.64. The van der Waals surface area contributed by atoms with E-state index in [1.165, 1.54) is 30.6 Å². The van der Waals surface area contributed by atoms with Gasteiger partial charge >= 0.3 is 0 Å². The van der Waals surface area contributed by atoms with E-state index in [0.29, 0.717) is 16.3 Å². The van der Waals surface area contributed by atoms with Crippen LogP contribution in [0.1, 0.15) is 23.0 Å². The van der Waals surface area contributed by atoms with Gasteiger partial charge in [-0.15, -0.1) is 11.3 Å². The maximum Gasteiger partial charge on any atom is 0.281 e. The molecule has 1 aromatic heterocycles. The quantitative estimate of drug-likeness (QED) is 0.526. The molecule has 1 fully saturated rings. The first-order chi connectivity index (χ1) is 15.8. The fourth-order valence-electron chi connectivity index (χ4n) is 3.51. The zero-order chi connectivity index (χ0) is 23.6. The van der Waals surface area contributed by atoms with Crippen molar-refractivity contribution >= 4 is 44.7 Å². The van der Waals surface area contributed by atoms with Crippen LogP contribution in [0.25, 0.3) is 0 Å². The number of hydrogen-bond acceptors (Lipinski definition) is 6. The van der Waals surface area contributed by atoms with Crippen molar-refractivity contribution in [1.82, 2.24) is 14.0 Å². The molecule has 1 saturated heterocycles. The van der Waals surface area contributed by atoms with Gasteiger partial charge < -0.3 is 10.1 Å². The van der Waals surface area contributed by atoms with Crippen LogP contribution in [0, 0.1) is 5.82 Å². The predicted octanol–water partition coefficient (Wildman–Crippen LogP) is 3.73. The Morgan fingerprint density at radius 1 is 1.33 bits per heavy atom. The molecular formula is C21H20ClFN4O4S2. The normalized spacial score (nSPS) is 20.3. The maximum absolute atomic E-state index is 13.5. The van der Waals surface area contributed by atoms with E-state index < -0.39 is 34.0 Å². The van der Waals surface area contributed by atoms with Gasteiger partial charge in [-0.05, 0) is 42.3 Å². The summed E-state index contributed by atoms with van der Waals surface area (Å²) in [4.78, 5) is 17.4. The molecule has 1 amide bonds. The summed E-state index contributed by atoms with van der Waals surface area (Å²) in [6.45, 7) is -0.0355. The van der Waals surface area contributed by atoms with Gasteiger partial charge in [-0.25, -0.2) is 9.37 Å². The third-order valence-electron chi connectivity index (χ3n) is 5.14. The largest absolute Gasteiger partial charge is 0.497 e. The number of benzene rings is 2. The van der Waals surface area contributed by atoms with Gasteiger partial charge in [0.25, 0.3) is 10.2 Å². The zero-order valence-corrected chi connectivity index (χ0v) is 19.8. The Bertz CT molecular complexity index is 1240. The Labute approximate surface area is 199 Å². The van der Waals surface area contributed by atoms with Crippen molar-refractivity contribution in [2.75, 3.05) is 12.4 Å². The monoisotopic (exact) mass is 510 g/mol. The number of rotatable bonds is 6. The lowest BCUT2D eigenvalue weighted by Crippen LogP contribution is -2.57. The van der Waals surface area contributed by atoms with Crippen LogP contribution >= 0.6 is 22.9 Å². The topological polar surface area (TPSA) is 101 Å². The summed E-state index contributed by atoms with van der Waals surface area (Å²) < 4.78 is 48.8. The molecule has 0 unspecified atom stereocenters. The van der Waals surface area contributed by atoms with Gasteiger partial charge in [0, 0.05) is 23.8 Å². The van der Waals surface area contributed by atoms with Crippen molar-refractivity contribution in [3.05, 3.63) is 75.5 Å². The minimum absolute atomic E-state index is 0.0355. The van der Waals surface area contributed by atoms with Crippen LogP contribution in [0.4, 0.5) is 10.1 Å². The molecule has 1 aliphatic heterocycles. The first-order valence-corrected chi connectivity index (χ1v) is 12.5. The van der Waals surface area contributed by atoms with Crippen LogP contribution in [0.2, 0.25) is 5.02 Å². The smallest absolute Gasteiger partial charge is 0.281 e. The molecule has 4 rings (SSSR count).